The van der Waals surface area contributed by atoms with Gasteiger partial charge in [-0.15, -0.1) is 11.8 Å². The number of anilines is 1. The van der Waals surface area contributed by atoms with E-state index < -0.39 is 10.0 Å². The Morgan fingerprint density at radius 2 is 1.77 bits per heavy atom. The van der Waals surface area contributed by atoms with Gasteiger partial charge in [0.15, 0.2) is 0 Å². The number of nitrogens with zero attached hydrogens (tertiary/aromatic N) is 3. The number of hydrogen-bond acceptors (Lipinski definition) is 6. The smallest absolute Gasteiger partial charge is 0.243 e. The molecule has 1 aromatic rings. The van der Waals surface area contributed by atoms with Crippen LogP contribution in [0, 0.1) is 5.92 Å². The van der Waals surface area contributed by atoms with Crippen molar-refractivity contribution < 1.29 is 18.0 Å². The summed E-state index contributed by atoms with van der Waals surface area (Å²) in [4.78, 5) is 30.4. The lowest BCUT2D eigenvalue weighted by Gasteiger charge is -2.39. The molecule has 2 amide bonds. The van der Waals surface area contributed by atoms with Gasteiger partial charge in [0.05, 0.1) is 16.3 Å². The van der Waals surface area contributed by atoms with Crippen LogP contribution in [0.4, 0.5) is 5.69 Å². The first-order chi connectivity index (χ1) is 16.7. The highest BCUT2D eigenvalue weighted by molar-refractivity contribution is 8.00. The zero-order valence-electron chi connectivity index (χ0n) is 21.0. The first kappa shape index (κ1) is 26.4. The topological polar surface area (TPSA) is 90.0 Å². The Kier molecular flexibility index (Phi) is 8.45. The zero-order chi connectivity index (χ0) is 25.2. The third kappa shape index (κ3) is 6.03. The van der Waals surface area contributed by atoms with Crippen LogP contribution in [0.25, 0.3) is 0 Å². The number of likely N-dealkylation sites (tertiary alicyclic amines) is 1. The second kappa shape index (κ2) is 11.2. The van der Waals surface area contributed by atoms with Crippen LogP contribution in [-0.4, -0.2) is 80.0 Å². The van der Waals surface area contributed by atoms with Crippen molar-refractivity contribution in [3.8, 4) is 0 Å². The van der Waals surface area contributed by atoms with E-state index in [9.17, 15) is 18.0 Å². The Hall–Kier alpha value is -1.62. The van der Waals surface area contributed by atoms with Gasteiger partial charge in [0, 0.05) is 43.2 Å². The molecule has 35 heavy (non-hydrogen) atoms. The van der Waals surface area contributed by atoms with Crippen molar-refractivity contribution in [1.82, 2.24) is 14.5 Å². The number of sulfonamides is 1. The standard InChI is InChI=1S/C25H38N4O4S2/c1-18-9-12-27(13-10-18)35(32,33)21-7-8-23-22(15-21)29(25(31)17-34-23)16-24(30)26-11-14-28-19(2)5-4-6-20(28)3/h7-8,15,18-20H,4-6,9-14,16-17H2,1-3H3,(H,26,30)/t19-,20-/m0/s1. The van der Waals surface area contributed by atoms with Gasteiger partial charge in [-0.3, -0.25) is 14.5 Å². The zero-order valence-corrected chi connectivity index (χ0v) is 22.7. The van der Waals surface area contributed by atoms with Crippen LogP contribution in [0.3, 0.4) is 0 Å². The number of fused-ring (bicyclic) bond motifs is 1. The summed E-state index contributed by atoms with van der Waals surface area (Å²) in [5, 5.41) is 2.96. The minimum absolute atomic E-state index is 0.109. The predicted octanol–water partition coefficient (Wildman–Crippen LogP) is 2.93. The van der Waals surface area contributed by atoms with Crippen LogP contribution < -0.4 is 10.2 Å². The molecule has 0 aromatic heterocycles. The van der Waals surface area contributed by atoms with Crippen molar-refractivity contribution in [2.24, 2.45) is 5.92 Å². The summed E-state index contributed by atoms with van der Waals surface area (Å²) in [5.74, 6) is 0.345. The number of nitrogens with one attached hydrogen (secondary N) is 1. The van der Waals surface area contributed by atoms with Crippen LogP contribution in [0.1, 0.15) is 52.9 Å². The monoisotopic (exact) mass is 522 g/mol. The van der Waals surface area contributed by atoms with Gasteiger partial charge in [0.1, 0.15) is 6.54 Å². The maximum Gasteiger partial charge on any atom is 0.243 e. The number of amides is 2. The van der Waals surface area contributed by atoms with E-state index in [-0.39, 0.29) is 29.0 Å². The van der Waals surface area contributed by atoms with Crippen LogP contribution >= 0.6 is 11.8 Å². The Bertz CT molecular complexity index is 1030. The van der Waals surface area contributed by atoms with E-state index in [1.807, 2.05) is 0 Å². The number of thioether (sulfide) groups is 1. The lowest BCUT2D eigenvalue weighted by molar-refractivity contribution is -0.123. The summed E-state index contributed by atoms with van der Waals surface area (Å²) < 4.78 is 28.1. The van der Waals surface area contributed by atoms with Crippen molar-refractivity contribution in [1.29, 1.82) is 0 Å². The van der Waals surface area contributed by atoms with Gasteiger partial charge in [0.2, 0.25) is 21.8 Å². The summed E-state index contributed by atoms with van der Waals surface area (Å²) in [6.07, 6.45) is 5.29. The molecule has 3 aliphatic heterocycles. The summed E-state index contributed by atoms with van der Waals surface area (Å²) >= 11 is 1.38. The van der Waals surface area contributed by atoms with Crippen LogP contribution in [0.15, 0.2) is 28.0 Å². The quantitative estimate of drug-likeness (QED) is 0.592. The van der Waals surface area contributed by atoms with Crippen LogP contribution in [-0.2, 0) is 19.6 Å². The first-order valence-corrected chi connectivity index (χ1v) is 15.2. The average Bonchev–Trinajstić information content (AvgIpc) is 2.83. The highest BCUT2D eigenvalue weighted by atomic mass is 32.2. The lowest BCUT2D eigenvalue weighted by atomic mass is 9.98. The average molecular weight is 523 g/mol. The van der Waals surface area contributed by atoms with Gasteiger partial charge < -0.3 is 10.2 Å². The Labute approximate surface area is 213 Å². The second-order valence-corrected chi connectivity index (χ2v) is 13.2. The molecule has 3 aliphatic rings. The highest BCUT2D eigenvalue weighted by Crippen LogP contribution is 2.37. The molecule has 0 saturated carbocycles. The van der Waals surface area contributed by atoms with Gasteiger partial charge in [-0.25, -0.2) is 8.42 Å². The number of carbonyl (C=O) groups excluding carboxylic acids is 2. The van der Waals surface area contributed by atoms with E-state index in [1.165, 1.54) is 40.2 Å². The molecule has 1 N–H and O–H groups in total. The van der Waals surface area contributed by atoms with Gasteiger partial charge in [-0.05, 0) is 63.6 Å². The van der Waals surface area contributed by atoms with Gasteiger partial charge in [-0.1, -0.05) is 13.3 Å². The minimum atomic E-state index is -3.65. The summed E-state index contributed by atoms with van der Waals surface area (Å²) in [6.45, 7) is 8.82. The maximum atomic E-state index is 13.3. The van der Waals surface area contributed by atoms with Crippen LogP contribution in [0.5, 0.6) is 0 Å². The van der Waals surface area contributed by atoms with E-state index >= 15 is 0 Å². The SMILES string of the molecule is CC1CCN(S(=O)(=O)c2ccc3c(c2)N(CC(=O)NCCN2[C@@H](C)CCC[C@@H]2C)C(=O)CS3)CC1. The largest absolute Gasteiger partial charge is 0.353 e. The summed E-state index contributed by atoms with van der Waals surface area (Å²) in [6, 6.07) is 5.96. The summed E-state index contributed by atoms with van der Waals surface area (Å²) in [5.41, 5.74) is 0.506. The number of carbonyl (C=O) groups is 2. The Morgan fingerprint density at radius 3 is 2.46 bits per heavy atom. The minimum Gasteiger partial charge on any atom is -0.353 e. The number of hydrogen-bond donors (Lipinski definition) is 1. The number of benzene rings is 1. The summed E-state index contributed by atoms with van der Waals surface area (Å²) in [7, 11) is -3.65. The number of rotatable bonds is 7. The highest BCUT2D eigenvalue weighted by Gasteiger charge is 2.32. The first-order valence-electron chi connectivity index (χ1n) is 12.8. The fourth-order valence-corrected chi connectivity index (χ4v) is 7.74. The molecule has 2 atom stereocenters. The van der Waals surface area contributed by atoms with E-state index in [4.69, 9.17) is 0 Å². The van der Waals surface area contributed by atoms with Crippen molar-refractivity contribution in [2.75, 3.05) is 43.4 Å². The predicted molar refractivity (Wildman–Crippen MR) is 139 cm³/mol. The molecule has 2 saturated heterocycles. The maximum absolute atomic E-state index is 13.3. The van der Waals surface area contributed by atoms with Crippen molar-refractivity contribution in [3.63, 3.8) is 0 Å². The Morgan fingerprint density at radius 1 is 1.09 bits per heavy atom. The molecule has 0 bridgehead atoms. The molecule has 10 heteroatoms. The fourth-order valence-electron chi connectivity index (χ4n) is 5.33. The van der Waals surface area contributed by atoms with E-state index in [0.717, 1.165) is 24.3 Å². The van der Waals surface area contributed by atoms with Crippen molar-refractivity contribution in [2.45, 2.75) is 74.7 Å². The third-order valence-corrected chi connectivity index (χ3v) is 10.6. The molecule has 3 heterocycles. The van der Waals surface area contributed by atoms with Gasteiger partial charge in [-0.2, -0.15) is 4.31 Å². The Balaban J connectivity index is 1.43. The molecule has 0 spiro atoms. The van der Waals surface area contributed by atoms with Crippen molar-refractivity contribution in [3.05, 3.63) is 18.2 Å². The normalized spacial score (nSPS) is 24.9. The molecular weight excluding hydrogens is 484 g/mol. The molecule has 8 nitrogen and oxygen atoms in total. The number of piperidine rings is 2. The van der Waals surface area contributed by atoms with Gasteiger partial charge >= 0.3 is 0 Å². The molecule has 0 radical (unpaired) electrons. The molecular formula is C25H38N4O4S2. The van der Waals surface area contributed by atoms with E-state index in [0.29, 0.717) is 43.3 Å². The molecule has 2 fully saturated rings. The third-order valence-electron chi connectivity index (χ3n) is 7.62. The lowest BCUT2D eigenvalue weighted by Crippen LogP contribution is -2.49. The molecule has 0 aliphatic carbocycles. The molecule has 194 valence electrons. The van der Waals surface area contributed by atoms with E-state index in [2.05, 4.69) is 31.0 Å². The van der Waals surface area contributed by atoms with Gasteiger partial charge in [0.25, 0.3) is 0 Å². The fraction of sp³-hybridized carbons (Fsp3) is 0.680. The molecule has 0 unspecified atom stereocenters. The second-order valence-electron chi connectivity index (χ2n) is 10.2. The van der Waals surface area contributed by atoms with E-state index in [1.54, 1.807) is 18.2 Å². The molecule has 4 rings (SSSR count). The molecule has 1 aromatic carbocycles. The van der Waals surface area contributed by atoms with Crippen molar-refractivity contribution >= 4 is 39.3 Å². The van der Waals surface area contributed by atoms with Crippen LogP contribution in [0.2, 0.25) is 0 Å².